The van der Waals surface area contributed by atoms with Crippen molar-refractivity contribution in [2.24, 2.45) is 0 Å². The van der Waals surface area contributed by atoms with Gasteiger partial charge in [0.05, 0.1) is 23.4 Å². The molecule has 1 saturated heterocycles. The minimum absolute atomic E-state index is 0.0296. The van der Waals surface area contributed by atoms with Crippen LogP contribution in [0.25, 0.3) is 6.08 Å². The fraction of sp³-hybridized carbons (Fsp3) is 0.200. The summed E-state index contributed by atoms with van der Waals surface area (Å²) >= 11 is 9.34. The van der Waals surface area contributed by atoms with Gasteiger partial charge in [0.25, 0.3) is 5.91 Å². The molecule has 1 aliphatic heterocycles. The molecule has 0 unspecified atom stereocenters. The van der Waals surface area contributed by atoms with Gasteiger partial charge in [-0.05, 0) is 77.8 Å². The molecule has 0 spiro atoms. The molecule has 0 bridgehead atoms. The number of imide groups is 1. The molecule has 1 heterocycles. The highest BCUT2D eigenvalue weighted by atomic mass is 79.9. The van der Waals surface area contributed by atoms with Gasteiger partial charge in [0.2, 0.25) is 0 Å². The van der Waals surface area contributed by atoms with Gasteiger partial charge in [-0.2, -0.15) is 0 Å². The third-order valence-corrected chi connectivity index (χ3v) is 4.72. The monoisotopic (exact) mass is 464 g/mol. The Morgan fingerprint density at radius 2 is 1.86 bits per heavy atom. The molecular weight excluding hydrogens is 448 g/mol. The van der Waals surface area contributed by atoms with Gasteiger partial charge in [-0.15, -0.1) is 0 Å². The van der Waals surface area contributed by atoms with Crippen LogP contribution in [0.2, 0.25) is 5.02 Å². The number of benzene rings is 2. The first-order valence-corrected chi connectivity index (χ1v) is 9.64. The fourth-order valence-corrected chi connectivity index (χ4v) is 3.38. The van der Waals surface area contributed by atoms with Crippen molar-refractivity contribution >= 4 is 51.2 Å². The molecule has 3 rings (SSSR count). The summed E-state index contributed by atoms with van der Waals surface area (Å²) in [5.41, 5.74) is 1.27. The van der Waals surface area contributed by atoms with Crippen molar-refractivity contribution in [2.75, 3.05) is 12.0 Å². The van der Waals surface area contributed by atoms with E-state index in [2.05, 4.69) is 21.2 Å². The topological polar surface area (TPSA) is 67.9 Å². The van der Waals surface area contributed by atoms with E-state index in [1.54, 1.807) is 42.5 Å². The van der Waals surface area contributed by atoms with Crippen molar-refractivity contribution in [3.8, 4) is 11.5 Å². The molecular formula is C20H18BrClN2O4. The summed E-state index contributed by atoms with van der Waals surface area (Å²) in [5.74, 6) is 0.635. The van der Waals surface area contributed by atoms with Crippen LogP contribution < -0.4 is 19.7 Å². The third kappa shape index (κ3) is 4.15. The first-order chi connectivity index (χ1) is 13.3. The van der Waals surface area contributed by atoms with Crippen LogP contribution >= 0.6 is 27.5 Å². The maximum absolute atomic E-state index is 12.7. The lowest BCUT2D eigenvalue weighted by molar-refractivity contribution is -0.113. The molecule has 0 radical (unpaired) electrons. The van der Waals surface area contributed by atoms with E-state index >= 15 is 0 Å². The second-order valence-corrected chi connectivity index (χ2v) is 7.60. The van der Waals surface area contributed by atoms with Crippen LogP contribution in [-0.4, -0.2) is 25.2 Å². The molecule has 2 aromatic carbocycles. The van der Waals surface area contributed by atoms with Crippen molar-refractivity contribution in [1.29, 1.82) is 0 Å². The molecule has 3 amide bonds. The second kappa shape index (κ2) is 8.24. The predicted molar refractivity (Wildman–Crippen MR) is 112 cm³/mol. The van der Waals surface area contributed by atoms with Crippen LogP contribution in [0.15, 0.2) is 46.6 Å². The zero-order valence-electron chi connectivity index (χ0n) is 15.5. The van der Waals surface area contributed by atoms with Crippen molar-refractivity contribution in [3.05, 3.63) is 57.2 Å². The lowest BCUT2D eigenvalue weighted by atomic mass is 10.1. The molecule has 1 fully saturated rings. The number of amides is 3. The molecule has 8 heteroatoms. The Balaban J connectivity index is 1.93. The van der Waals surface area contributed by atoms with Gasteiger partial charge >= 0.3 is 6.03 Å². The average molecular weight is 466 g/mol. The molecule has 6 nitrogen and oxygen atoms in total. The van der Waals surface area contributed by atoms with Gasteiger partial charge in [0, 0.05) is 5.02 Å². The summed E-state index contributed by atoms with van der Waals surface area (Å²) in [6.45, 7) is 3.83. The molecule has 0 atom stereocenters. The van der Waals surface area contributed by atoms with Crippen LogP contribution in [0.1, 0.15) is 19.4 Å². The second-order valence-electron chi connectivity index (χ2n) is 6.31. The highest BCUT2D eigenvalue weighted by molar-refractivity contribution is 9.10. The third-order valence-electron chi connectivity index (χ3n) is 3.88. The first-order valence-electron chi connectivity index (χ1n) is 8.47. The van der Waals surface area contributed by atoms with Gasteiger partial charge in [0.15, 0.2) is 11.5 Å². The predicted octanol–water partition coefficient (Wildman–Crippen LogP) is 5.00. The summed E-state index contributed by atoms with van der Waals surface area (Å²) in [6.07, 6.45) is 1.56. The van der Waals surface area contributed by atoms with E-state index in [1.807, 2.05) is 13.8 Å². The Hall–Kier alpha value is -2.51. The Morgan fingerprint density at radius 1 is 1.18 bits per heavy atom. The van der Waals surface area contributed by atoms with Crippen LogP contribution in [-0.2, 0) is 4.79 Å². The van der Waals surface area contributed by atoms with Crippen LogP contribution in [0.4, 0.5) is 10.5 Å². The summed E-state index contributed by atoms with van der Waals surface area (Å²) in [7, 11) is 1.54. The molecule has 146 valence electrons. The maximum Gasteiger partial charge on any atom is 0.333 e. The average Bonchev–Trinajstić information content (AvgIpc) is 2.91. The van der Waals surface area contributed by atoms with Gasteiger partial charge in [-0.25, -0.2) is 9.69 Å². The van der Waals surface area contributed by atoms with Crippen LogP contribution in [0.5, 0.6) is 11.5 Å². The van der Waals surface area contributed by atoms with E-state index < -0.39 is 11.9 Å². The lowest BCUT2D eigenvalue weighted by Gasteiger charge is -2.16. The molecule has 2 aromatic rings. The van der Waals surface area contributed by atoms with E-state index in [0.29, 0.717) is 32.2 Å². The number of nitrogens with one attached hydrogen (secondary N) is 1. The van der Waals surface area contributed by atoms with Crippen molar-refractivity contribution in [1.82, 2.24) is 5.32 Å². The molecule has 1 N–H and O–H groups in total. The number of carbonyl (C=O) groups is 2. The van der Waals surface area contributed by atoms with Gasteiger partial charge in [0.1, 0.15) is 5.70 Å². The number of methoxy groups -OCH3 is 1. The number of urea groups is 1. The van der Waals surface area contributed by atoms with Gasteiger partial charge in [-0.3, -0.25) is 4.79 Å². The molecule has 0 saturated carbocycles. The zero-order chi connectivity index (χ0) is 20.4. The van der Waals surface area contributed by atoms with E-state index in [9.17, 15) is 9.59 Å². The SMILES string of the molecule is COc1cc(/C=C2/NC(=O)N(c3ccc(Cl)cc3)C2=O)cc(Br)c1OC(C)C. The Labute approximate surface area is 176 Å². The van der Waals surface area contributed by atoms with E-state index in [1.165, 1.54) is 7.11 Å². The number of hydrogen-bond acceptors (Lipinski definition) is 4. The molecule has 0 aliphatic carbocycles. The van der Waals surface area contributed by atoms with Crippen molar-refractivity contribution in [3.63, 3.8) is 0 Å². The highest BCUT2D eigenvalue weighted by Crippen LogP contribution is 2.38. The van der Waals surface area contributed by atoms with Crippen LogP contribution in [0, 0.1) is 0 Å². The minimum atomic E-state index is -0.524. The fourth-order valence-electron chi connectivity index (χ4n) is 2.70. The number of rotatable bonds is 5. The quantitative estimate of drug-likeness (QED) is 0.499. The van der Waals surface area contributed by atoms with E-state index in [-0.39, 0.29) is 11.8 Å². The molecule has 1 aliphatic rings. The first kappa shape index (κ1) is 20.2. The standard InChI is InChI=1S/C20H18BrClN2O4/c1-11(2)28-18-15(21)8-12(10-17(18)27-3)9-16-19(25)24(20(26)23-16)14-6-4-13(22)5-7-14/h4-11H,1-3H3,(H,23,26)/b16-9+. The summed E-state index contributed by atoms with van der Waals surface area (Å²) < 4.78 is 11.8. The number of anilines is 1. The van der Waals surface area contributed by atoms with Gasteiger partial charge in [-0.1, -0.05) is 11.6 Å². The molecule has 28 heavy (non-hydrogen) atoms. The van der Waals surface area contributed by atoms with E-state index in [4.69, 9.17) is 21.1 Å². The Bertz CT molecular complexity index is 957. The Kier molecular flexibility index (Phi) is 5.96. The number of ether oxygens (including phenoxy) is 2. The van der Waals surface area contributed by atoms with Gasteiger partial charge < -0.3 is 14.8 Å². The number of carbonyl (C=O) groups excluding carboxylic acids is 2. The number of nitrogens with zero attached hydrogens (tertiary/aromatic N) is 1. The zero-order valence-corrected chi connectivity index (χ0v) is 17.8. The van der Waals surface area contributed by atoms with Crippen molar-refractivity contribution in [2.45, 2.75) is 20.0 Å². The minimum Gasteiger partial charge on any atom is -0.493 e. The highest BCUT2D eigenvalue weighted by Gasteiger charge is 2.34. The Morgan fingerprint density at radius 3 is 2.46 bits per heavy atom. The summed E-state index contributed by atoms with van der Waals surface area (Å²) in [4.78, 5) is 26.1. The smallest absolute Gasteiger partial charge is 0.333 e. The summed E-state index contributed by atoms with van der Waals surface area (Å²) in [6, 6.07) is 9.46. The normalized spacial score (nSPS) is 15.4. The van der Waals surface area contributed by atoms with Crippen molar-refractivity contribution < 1.29 is 19.1 Å². The van der Waals surface area contributed by atoms with Crippen LogP contribution in [0.3, 0.4) is 0 Å². The lowest BCUT2D eigenvalue weighted by Crippen LogP contribution is -2.30. The summed E-state index contributed by atoms with van der Waals surface area (Å²) in [5, 5.41) is 3.12. The maximum atomic E-state index is 12.7. The molecule has 0 aromatic heterocycles. The van der Waals surface area contributed by atoms with E-state index in [0.717, 1.165) is 4.90 Å². The number of halogens is 2. The number of hydrogen-bond donors (Lipinski definition) is 1. The largest absolute Gasteiger partial charge is 0.493 e.